The molecule has 19 heavy (non-hydrogen) atoms. The number of anilines is 1. The van der Waals surface area contributed by atoms with Gasteiger partial charge in [0.05, 0.1) is 12.2 Å². The molecule has 0 atom stereocenters. The third-order valence-corrected chi connectivity index (χ3v) is 3.62. The Morgan fingerprint density at radius 1 is 1.37 bits per heavy atom. The summed E-state index contributed by atoms with van der Waals surface area (Å²) in [5.41, 5.74) is 6.26. The van der Waals surface area contributed by atoms with Crippen molar-refractivity contribution >= 4 is 47.2 Å². The molecule has 1 aromatic rings. The van der Waals surface area contributed by atoms with Crippen LogP contribution in [0, 0.1) is 0 Å². The van der Waals surface area contributed by atoms with Crippen LogP contribution in [-0.2, 0) is 11.3 Å². The molecule has 0 aromatic carbocycles. The lowest BCUT2D eigenvalue weighted by molar-refractivity contribution is -0.114. The van der Waals surface area contributed by atoms with Crippen molar-refractivity contribution in [2.24, 2.45) is 5.73 Å². The maximum Gasteiger partial charge on any atom is 0.239 e. The molecule has 8 heteroatoms. The summed E-state index contributed by atoms with van der Waals surface area (Å²) in [6.45, 7) is 3.19. The second kappa shape index (κ2) is 9.50. The first kappa shape index (κ1) is 18.6. The van der Waals surface area contributed by atoms with Crippen molar-refractivity contribution in [3.8, 4) is 0 Å². The molecule has 3 N–H and O–H groups in total. The minimum atomic E-state index is -0.191. The van der Waals surface area contributed by atoms with E-state index in [4.69, 9.17) is 5.73 Å². The Morgan fingerprint density at radius 3 is 2.68 bits per heavy atom. The fourth-order valence-electron chi connectivity index (χ4n) is 1.95. The van der Waals surface area contributed by atoms with Crippen LogP contribution >= 0.6 is 36.2 Å². The first-order valence-electron chi connectivity index (χ1n) is 5.94. The smallest absolute Gasteiger partial charge is 0.239 e. The standard InChI is InChI=1S/C11H18N4OS.2ClH/c12-6-10(16)14-11-13-9(8-17-11)7-15-4-2-1-3-5-15;;/h8H,1-7,12H2,(H,13,14,16);2*1H. The molecule has 1 fully saturated rings. The molecule has 0 radical (unpaired) electrons. The molecule has 1 saturated heterocycles. The number of aromatic nitrogens is 1. The minimum Gasteiger partial charge on any atom is -0.322 e. The van der Waals surface area contributed by atoms with Crippen LogP contribution in [0.3, 0.4) is 0 Å². The average molecular weight is 327 g/mol. The Kier molecular flexibility index (Phi) is 9.30. The van der Waals surface area contributed by atoms with Gasteiger partial charge in [0.1, 0.15) is 0 Å². The summed E-state index contributed by atoms with van der Waals surface area (Å²) in [6, 6.07) is 0. The van der Waals surface area contributed by atoms with Crippen molar-refractivity contribution in [2.45, 2.75) is 25.8 Å². The van der Waals surface area contributed by atoms with Crippen molar-refractivity contribution < 1.29 is 4.79 Å². The number of thiazole rings is 1. The lowest BCUT2D eigenvalue weighted by atomic mass is 10.1. The van der Waals surface area contributed by atoms with Crippen LogP contribution in [0.15, 0.2) is 5.38 Å². The molecule has 110 valence electrons. The van der Waals surface area contributed by atoms with Crippen LogP contribution in [0.5, 0.6) is 0 Å². The normalized spacial score (nSPS) is 15.2. The Labute approximate surface area is 129 Å². The second-order valence-electron chi connectivity index (χ2n) is 4.23. The van der Waals surface area contributed by atoms with Crippen molar-refractivity contribution in [1.29, 1.82) is 0 Å². The van der Waals surface area contributed by atoms with Gasteiger partial charge in [0.2, 0.25) is 5.91 Å². The second-order valence-corrected chi connectivity index (χ2v) is 5.09. The number of hydrogen-bond acceptors (Lipinski definition) is 5. The van der Waals surface area contributed by atoms with Crippen LogP contribution in [0.4, 0.5) is 5.13 Å². The van der Waals surface area contributed by atoms with E-state index in [1.54, 1.807) is 0 Å². The van der Waals surface area contributed by atoms with E-state index in [-0.39, 0.29) is 37.3 Å². The summed E-state index contributed by atoms with van der Waals surface area (Å²) >= 11 is 1.46. The van der Waals surface area contributed by atoms with E-state index < -0.39 is 0 Å². The van der Waals surface area contributed by atoms with Crippen LogP contribution in [0.25, 0.3) is 0 Å². The third-order valence-electron chi connectivity index (χ3n) is 2.82. The van der Waals surface area contributed by atoms with Gasteiger partial charge in [-0.15, -0.1) is 36.2 Å². The van der Waals surface area contributed by atoms with Gasteiger partial charge >= 0.3 is 0 Å². The summed E-state index contributed by atoms with van der Waals surface area (Å²) in [5, 5.41) is 5.32. The Hall–Kier alpha value is -0.400. The Balaban J connectivity index is 0.00000162. The van der Waals surface area contributed by atoms with Crippen LogP contribution in [0.2, 0.25) is 0 Å². The molecule has 0 unspecified atom stereocenters. The maximum absolute atomic E-state index is 11.1. The summed E-state index contributed by atoms with van der Waals surface area (Å²) in [5.74, 6) is -0.191. The maximum atomic E-state index is 11.1. The summed E-state index contributed by atoms with van der Waals surface area (Å²) in [7, 11) is 0. The molecule has 1 aliphatic heterocycles. The Morgan fingerprint density at radius 2 is 2.05 bits per heavy atom. The van der Waals surface area contributed by atoms with Gasteiger partial charge in [0, 0.05) is 11.9 Å². The zero-order chi connectivity index (χ0) is 12.1. The molecule has 0 bridgehead atoms. The van der Waals surface area contributed by atoms with Gasteiger partial charge in [-0.25, -0.2) is 4.98 Å². The van der Waals surface area contributed by atoms with E-state index in [0.29, 0.717) is 5.13 Å². The molecule has 1 amide bonds. The zero-order valence-corrected chi connectivity index (χ0v) is 13.1. The van der Waals surface area contributed by atoms with Gasteiger partial charge in [0.15, 0.2) is 5.13 Å². The number of halogens is 2. The molecule has 0 saturated carbocycles. The van der Waals surface area contributed by atoms with Crippen LogP contribution in [-0.4, -0.2) is 35.4 Å². The highest BCUT2D eigenvalue weighted by Crippen LogP contribution is 2.18. The van der Waals surface area contributed by atoms with Crippen molar-refractivity contribution in [1.82, 2.24) is 9.88 Å². The molecule has 1 aromatic heterocycles. The van der Waals surface area contributed by atoms with Gasteiger partial charge in [-0.3, -0.25) is 9.69 Å². The monoisotopic (exact) mass is 326 g/mol. The fourth-order valence-corrected chi connectivity index (χ4v) is 2.67. The molecule has 5 nitrogen and oxygen atoms in total. The van der Waals surface area contributed by atoms with E-state index in [0.717, 1.165) is 25.3 Å². The summed E-state index contributed by atoms with van der Waals surface area (Å²) in [6.07, 6.45) is 3.90. The highest BCUT2D eigenvalue weighted by Gasteiger charge is 2.12. The molecule has 1 aliphatic rings. The molecule has 0 aliphatic carbocycles. The minimum absolute atomic E-state index is 0. The van der Waals surface area contributed by atoms with Crippen LogP contribution < -0.4 is 11.1 Å². The number of hydrogen-bond donors (Lipinski definition) is 2. The van der Waals surface area contributed by atoms with Crippen molar-refractivity contribution in [3.63, 3.8) is 0 Å². The van der Waals surface area contributed by atoms with Crippen molar-refractivity contribution in [3.05, 3.63) is 11.1 Å². The van der Waals surface area contributed by atoms with E-state index >= 15 is 0 Å². The highest BCUT2D eigenvalue weighted by atomic mass is 35.5. The number of piperidine rings is 1. The van der Waals surface area contributed by atoms with Crippen molar-refractivity contribution in [2.75, 3.05) is 25.0 Å². The average Bonchev–Trinajstić information content (AvgIpc) is 2.77. The van der Waals surface area contributed by atoms with Gasteiger partial charge in [-0.1, -0.05) is 6.42 Å². The van der Waals surface area contributed by atoms with Gasteiger partial charge in [0.25, 0.3) is 0 Å². The summed E-state index contributed by atoms with van der Waals surface area (Å²) < 4.78 is 0. The first-order chi connectivity index (χ1) is 8.28. The molecular weight excluding hydrogens is 307 g/mol. The quantitative estimate of drug-likeness (QED) is 0.886. The zero-order valence-electron chi connectivity index (χ0n) is 10.6. The molecule has 0 spiro atoms. The first-order valence-corrected chi connectivity index (χ1v) is 6.82. The number of nitrogens with one attached hydrogen (secondary N) is 1. The number of rotatable bonds is 4. The fraction of sp³-hybridized carbons (Fsp3) is 0.636. The van der Waals surface area contributed by atoms with E-state index in [2.05, 4.69) is 15.2 Å². The number of carbonyl (C=O) groups excluding carboxylic acids is 1. The van der Waals surface area contributed by atoms with Crippen LogP contribution in [0.1, 0.15) is 25.0 Å². The van der Waals surface area contributed by atoms with E-state index in [9.17, 15) is 4.79 Å². The number of nitrogens with two attached hydrogens (primary N) is 1. The SMILES string of the molecule is Cl.Cl.NCC(=O)Nc1nc(CN2CCCCC2)cs1. The molecular formula is C11H20Cl2N4OS. The number of carbonyl (C=O) groups is 1. The predicted molar refractivity (Wildman–Crippen MR) is 83.4 cm³/mol. The third kappa shape index (κ3) is 6.05. The topological polar surface area (TPSA) is 71.2 Å². The number of likely N-dealkylation sites (tertiary alicyclic amines) is 1. The number of nitrogens with zero attached hydrogens (tertiary/aromatic N) is 2. The predicted octanol–water partition coefficient (Wildman–Crippen LogP) is 1.87. The van der Waals surface area contributed by atoms with E-state index in [1.807, 2.05) is 5.38 Å². The summed E-state index contributed by atoms with van der Waals surface area (Å²) in [4.78, 5) is 17.9. The largest absolute Gasteiger partial charge is 0.322 e. The van der Waals surface area contributed by atoms with E-state index in [1.165, 1.54) is 30.6 Å². The molecule has 2 heterocycles. The van der Waals surface area contributed by atoms with Gasteiger partial charge < -0.3 is 11.1 Å². The lowest BCUT2D eigenvalue weighted by Gasteiger charge is -2.25. The lowest BCUT2D eigenvalue weighted by Crippen LogP contribution is -2.29. The highest BCUT2D eigenvalue weighted by molar-refractivity contribution is 7.13. The Bertz CT molecular complexity index is 383. The van der Waals surface area contributed by atoms with Gasteiger partial charge in [-0.05, 0) is 25.9 Å². The van der Waals surface area contributed by atoms with Gasteiger partial charge in [-0.2, -0.15) is 0 Å². The molecule has 2 rings (SSSR count). The number of amides is 1.